The van der Waals surface area contributed by atoms with E-state index in [0.29, 0.717) is 33.2 Å². The number of furan rings is 1. The van der Waals surface area contributed by atoms with Crippen molar-refractivity contribution in [1.29, 1.82) is 0 Å². The van der Waals surface area contributed by atoms with Crippen LogP contribution in [0.3, 0.4) is 0 Å². The third kappa shape index (κ3) is 5.05. The van der Waals surface area contributed by atoms with Crippen molar-refractivity contribution in [3.05, 3.63) is 76.2 Å². The molecule has 0 bridgehead atoms. The van der Waals surface area contributed by atoms with Crippen LogP contribution in [0, 0.1) is 0 Å². The molecule has 3 rings (SSSR count). The van der Waals surface area contributed by atoms with Crippen LogP contribution in [-0.2, 0) is 6.54 Å². The molecule has 0 saturated heterocycles. The van der Waals surface area contributed by atoms with Crippen molar-refractivity contribution in [1.82, 2.24) is 15.7 Å². The van der Waals surface area contributed by atoms with Gasteiger partial charge in [-0.2, -0.15) is 5.10 Å². The number of hydrogen-bond acceptors (Lipinski definition) is 4. The van der Waals surface area contributed by atoms with Crippen molar-refractivity contribution < 1.29 is 4.42 Å². The summed E-state index contributed by atoms with van der Waals surface area (Å²) in [6, 6.07) is 12.8. The summed E-state index contributed by atoms with van der Waals surface area (Å²) < 4.78 is 5.71. The topological polar surface area (TPSA) is 62.5 Å². The van der Waals surface area contributed by atoms with Crippen LogP contribution in [0.5, 0.6) is 0 Å². The Morgan fingerprint density at radius 3 is 2.85 bits per heavy atom. The zero-order chi connectivity index (χ0) is 18.4. The smallest absolute Gasteiger partial charge is 0.187 e. The van der Waals surface area contributed by atoms with Crippen LogP contribution in [0.4, 0.5) is 0 Å². The number of benzene rings is 1. The molecule has 0 fully saturated rings. The van der Waals surface area contributed by atoms with Gasteiger partial charge in [-0.3, -0.25) is 10.4 Å². The molecule has 0 radical (unpaired) electrons. The minimum atomic E-state index is 0.404. The van der Waals surface area contributed by atoms with Crippen LogP contribution in [0.2, 0.25) is 10.0 Å². The van der Waals surface area contributed by atoms with Crippen LogP contribution in [0.1, 0.15) is 11.3 Å². The van der Waals surface area contributed by atoms with Gasteiger partial charge in [-0.15, -0.1) is 0 Å². The standard InChI is InChI=1S/C18H14Cl2N4OS/c19-15-5-3-13(8-16(15)20)17-6-4-14(25-17)11-23-24-18(26)22-10-12-2-1-7-21-9-12/h1-9,11H,10H2,(H2,22,24,26). The molecule has 0 saturated carbocycles. The van der Waals surface area contributed by atoms with Gasteiger partial charge < -0.3 is 9.73 Å². The molecule has 0 aliphatic heterocycles. The number of nitrogens with zero attached hydrogens (tertiary/aromatic N) is 2. The third-order valence-corrected chi connectivity index (χ3v) is 4.34. The number of aromatic nitrogens is 1. The van der Waals surface area contributed by atoms with Crippen molar-refractivity contribution in [2.45, 2.75) is 6.54 Å². The van der Waals surface area contributed by atoms with E-state index >= 15 is 0 Å². The van der Waals surface area contributed by atoms with E-state index in [4.69, 9.17) is 39.8 Å². The first-order valence-corrected chi connectivity index (χ1v) is 8.79. The molecule has 2 N–H and O–H groups in total. The molecule has 26 heavy (non-hydrogen) atoms. The fraction of sp³-hybridized carbons (Fsp3) is 0.0556. The molecule has 2 aromatic heterocycles. The highest BCUT2D eigenvalue weighted by molar-refractivity contribution is 7.80. The van der Waals surface area contributed by atoms with Gasteiger partial charge in [-0.25, -0.2) is 0 Å². The minimum Gasteiger partial charge on any atom is -0.455 e. The lowest BCUT2D eigenvalue weighted by molar-refractivity contribution is 0.574. The van der Waals surface area contributed by atoms with Crippen LogP contribution in [0.15, 0.2) is 64.4 Å². The molecule has 2 heterocycles. The summed E-state index contributed by atoms with van der Waals surface area (Å²) in [6.07, 6.45) is 5.03. The summed E-state index contributed by atoms with van der Waals surface area (Å²) in [7, 11) is 0. The summed E-state index contributed by atoms with van der Waals surface area (Å²) in [5, 5.41) is 8.47. The summed E-state index contributed by atoms with van der Waals surface area (Å²) in [5.74, 6) is 1.25. The molecule has 0 aliphatic carbocycles. The summed E-state index contributed by atoms with van der Waals surface area (Å²) in [5.41, 5.74) is 4.60. The molecule has 1 aromatic carbocycles. The van der Waals surface area contributed by atoms with Crippen LogP contribution < -0.4 is 10.7 Å². The van der Waals surface area contributed by atoms with E-state index in [0.717, 1.165) is 11.1 Å². The highest BCUT2D eigenvalue weighted by Gasteiger charge is 2.06. The molecule has 5 nitrogen and oxygen atoms in total. The number of thiocarbonyl (C=S) groups is 1. The van der Waals surface area contributed by atoms with Crippen molar-refractivity contribution >= 4 is 46.7 Å². The Labute approximate surface area is 166 Å². The first kappa shape index (κ1) is 18.4. The SMILES string of the molecule is S=C(NCc1cccnc1)NN=Cc1ccc(-c2ccc(Cl)c(Cl)c2)o1. The van der Waals surface area contributed by atoms with Crippen molar-refractivity contribution in [3.63, 3.8) is 0 Å². The van der Waals surface area contributed by atoms with Crippen LogP contribution in [-0.4, -0.2) is 16.3 Å². The van der Waals surface area contributed by atoms with Crippen molar-refractivity contribution in [2.75, 3.05) is 0 Å². The molecule has 0 aliphatic rings. The molecule has 0 unspecified atom stereocenters. The van der Waals surface area contributed by atoms with Gasteiger partial charge in [0.1, 0.15) is 11.5 Å². The second-order valence-electron chi connectivity index (χ2n) is 5.24. The molecule has 8 heteroatoms. The van der Waals surface area contributed by atoms with Gasteiger partial charge in [0.15, 0.2) is 5.11 Å². The number of hydrogen-bond donors (Lipinski definition) is 2. The van der Waals surface area contributed by atoms with E-state index in [2.05, 4.69) is 20.8 Å². The van der Waals surface area contributed by atoms with Gasteiger partial charge >= 0.3 is 0 Å². The van der Waals surface area contributed by atoms with Crippen LogP contribution in [0.25, 0.3) is 11.3 Å². The van der Waals surface area contributed by atoms with Gasteiger partial charge in [0, 0.05) is 24.5 Å². The zero-order valence-corrected chi connectivity index (χ0v) is 15.8. The second kappa shape index (κ2) is 8.80. The van der Waals surface area contributed by atoms with Crippen LogP contribution >= 0.6 is 35.4 Å². The predicted molar refractivity (Wildman–Crippen MR) is 109 cm³/mol. The Hall–Kier alpha value is -2.41. The Bertz CT molecular complexity index is 928. The van der Waals surface area contributed by atoms with E-state index in [9.17, 15) is 0 Å². The van der Waals surface area contributed by atoms with Gasteiger partial charge in [-0.05, 0) is 54.2 Å². The maximum atomic E-state index is 6.03. The molecule has 0 spiro atoms. The number of nitrogens with one attached hydrogen (secondary N) is 2. The average molecular weight is 405 g/mol. The van der Waals surface area contributed by atoms with Crippen molar-refractivity contribution in [3.8, 4) is 11.3 Å². The number of pyridine rings is 1. The molecule has 0 atom stereocenters. The van der Waals surface area contributed by atoms with E-state index in [-0.39, 0.29) is 0 Å². The highest BCUT2D eigenvalue weighted by atomic mass is 35.5. The maximum Gasteiger partial charge on any atom is 0.187 e. The highest BCUT2D eigenvalue weighted by Crippen LogP contribution is 2.29. The van der Waals surface area contributed by atoms with Gasteiger partial charge in [-0.1, -0.05) is 29.3 Å². The summed E-state index contributed by atoms with van der Waals surface area (Å²) in [4.78, 5) is 4.04. The quantitative estimate of drug-likeness (QED) is 0.368. The molecular formula is C18H14Cl2N4OS. The summed E-state index contributed by atoms with van der Waals surface area (Å²) in [6.45, 7) is 0.567. The zero-order valence-electron chi connectivity index (χ0n) is 13.4. The minimum absolute atomic E-state index is 0.404. The monoisotopic (exact) mass is 404 g/mol. The largest absolute Gasteiger partial charge is 0.455 e. The Balaban J connectivity index is 1.53. The number of hydrazone groups is 1. The summed E-state index contributed by atoms with van der Waals surface area (Å²) >= 11 is 17.1. The van der Waals surface area contributed by atoms with E-state index in [1.165, 1.54) is 0 Å². The third-order valence-electron chi connectivity index (χ3n) is 3.36. The molecule has 132 valence electrons. The predicted octanol–water partition coefficient (Wildman–Crippen LogP) is 4.65. The Morgan fingerprint density at radius 2 is 2.08 bits per heavy atom. The first-order chi connectivity index (χ1) is 12.6. The lowest BCUT2D eigenvalue weighted by atomic mass is 10.2. The van der Waals surface area contributed by atoms with E-state index in [1.54, 1.807) is 36.8 Å². The van der Waals surface area contributed by atoms with E-state index in [1.807, 2.05) is 24.3 Å². The molecule has 0 amide bonds. The normalized spacial score (nSPS) is 10.8. The van der Waals surface area contributed by atoms with Crippen molar-refractivity contribution in [2.24, 2.45) is 5.10 Å². The maximum absolute atomic E-state index is 6.03. The Morgan fingerprint density at radius 1 is 1.19 bits per heavy atom. The number of halogens is 2. The lowest BCUT2D eigenvalue weighted by Crippen LogP contribution is -2.31. The van der Waals surface area contributed by atoms with E-state index < -0.39 is 0 Å². The van der Waals surface area contributed by atoms with Gasteiger partial charge in [0.2, 0.25) is 0 Å². The fourth-order valence-corrected chi connectivity index (χ4v) is 2.53. The second-order valence-corrected chi connectivity index (χ2v) is 6.47. The first-order valence-electron chi connectivity index (χ1n) is 7.63. The van der Waals surface area contributed by atoms with Gasteiger partial charge in [0.25, 0.3) is 0 Å². The molecule has 3 aromatic rings. The average Bonchev–Trinajstić information content (AvgIpc) is 3.12. The fourth-order valence-electron chi connectivity index (χ4n) is 2.11. The lowest BCUT2D eigenvalue weighted by Gasteiger charge is -2.06. The van der Waals surface area contributed by atoms with Gasteiger partial charge in [0.05, 0.1) is 16.3 Å². The molecular weight excluding hydrogens is 391 g/mol. The number of rotatable bonds is 5. The Kier molecular flexibility index (Phi) is 6.22.